The molecule has 5 nitrogen and oxygen atoms in total. The highest BCUT2D eigenvalue weighted by Gasteiger charge is 2.22. The van der Waals surface area contributed by atoms with Gasteiger partial charge in [-0.2, -0.15) is 0 Å². The molecule has 1 aromatic heterocycles. The zero-order valence-corrected chi connectivity index (χ0v) is 8.79. The number of hydrogen-bond acceptors (Lipinski definition) is 5. The third-order valence-corrected chi connectivity index (χ3v) is 3.62. The van der Waals surface area contributed by atoms with Gasteiger partial charge in [-0.1, -0.05) is 16.5 Å². The van der Waals surface area contributed by atoms with E-state index in [0.717, 1.165) is 29.7 Å². The van der Waals surface area contributed by atoms with Crippen LogP contribution in [0.25, 0.3) is 0 Å². The van der Waals surface area contributed by atoms with E-state index in [4.69, 9.17) is 5.21 Å². The Morgan fingerprint density at radius 3 is 2.87 bits per heavy atom. The summed E-state index contributed by atoms with van der Waals surface area (Å²) in [5.74, 6) is 0. The van der Waals surface area contributed by atoms with Crippen LogP contribution in [0.15, 0.2) is 11.2 Å². The zero-order chi connectivity index (χ0) is 10.8. The van der Waals surface area contributed by atoms with Gasteiger partial charge >= 0.3 is 5.00 Å². The quantitative estimate of drug-likeness (QED) is 0.346. The highest BCUT2D eigenvalue weighted by Crippen LogP contribution is 2.33. The van der Waals surface area contributed by atoms with Gasteiger partial charge in [0.15, 0.2) is 0 Å². The molecule has 1 aliphatic carbocycles. The molecule has 0 unspecified atom stereocenters. The third kappa shape index (κ3) is 1.85. The summed E-state index contributed by atoms with van der Waals surface area (Å²) in [6.07, 6.45) is 3.49. The van der Waals surface area contributed by atoms with Gasteiger partial charge in [-0.15, -0.1) is 0 Å². The Labute approximate surface area is 90.2 Å². The summed E-state index contributed by atoms with van der Waals surface area (Å²) in [6.45, 7) is 0. The molecule has 0 aliphatic heterocycles. The van der Waals surface area contributed by atoms with Gasteiger partial charge in [0.05, 0.1) is 10.6 Å². The van der Waals surface area contributed by atoms with Crippen LogP contribution < -0.4 is 0 Å². The number of hydrogen-bond donors (Lipinski definition) is 1. The van der Waals surface area contributed by atoms with Crippen molar-refractivity contribution < 1.29 is 10.1 Å². The SMILES string of the molecule is O=[N+]([O-])c1cc2c(s1)CCCC/C2=N/O. The monoisotopic (exact) mass is 226 g/mol. The number of thiophene rings is 1. The lowest BCUT2D eigenvalue weighted by atomic mass is 10.1. The number of rotatable bonds is 1. The van der Waals surface area contributed by atoms with Crippen LogP contribution in [0.5, 0.6) is 0 Å². The van der Waals surface area contributed by atoms with E-state index < -0.39 is 4.92 Å². The number of nitro groups is 1. The molecule has 1 heterocycles. The summed E-state index contributed by atoms with van der Waals surface area (Å²) in [7, 11) is 0. The largest absolute Gasteiger partial charge is 0.411 e. The van der Waals surface area contributed by atoms with E-state index in [-0.39, 0.29) is 5.00 Å². The maximum Gasteiger partial charge on any atom is 0.325 e. The third-order valence-electron chi connectivity index (χ3n) is 2.47. The molecule has 0 saturated heterocycles. The van der Waals surface area contributed by atoms with Crippen molar-refractivity contribution in [1.82, 2.24) is 0 Å². The van der Waals surface area contributed by atoms with E-state index in [1.807, 2.05) is 0 Å². The van der Waals surface area contributed by atoms with Crippen molar-refractivity contribution in [3.05, 3.63) is 26.6 Å². The molecule has 0 bridgehead atoms. The van der Waals surface area contributed by atoms with Gasteiger partial charge in [0, 0.05) is 16.5 Å². The highest BCUT2D eigenvalue weighted by atomic mass is 32.1. The molecule has 6 heteroatoms. The molecular formula is C9H10N2O3S. The average molecular weight is 226 g/mol. The lowest BCUT2D eigenvalue weighted by molar-refractivity contribution is -0.380. The second-order valence-electron chi connectivity index (χ2n) is 3.43. The topological polar surface area (TPSA) is 75.7 Å². The van der Waals surface area contributed by atoms with Crippen molar-refractivity contribution >= 4 is 22.0 Å². The molecule has 0 fully saturated rings. The molecule has 0 aromatic carbocycles. The van der Waals surface area contributed by atoms with Gasteiger partial charge in [0.25, 0.3) is 0 Å². The van der Waals surface area contributed by atoms with Gasteiger partial charge in [-0.05, 0) is 25.7 Å². The predicted octanol–water partition coefficient (Wildman–Crippen LogP) is 2.56. The van der Waals surface area contributed by atoms with E-state index in [2.05, 4.69) is 5.16 Å². The Morgan fingerprint density at radius 2 is 2.20 bits per heavy atom. The smallest absolute Gasteiger partial charge is 0.325 e. The molecule has 0 amide bonds. The van der Waals surface area contributed by atoms with Crippen LogP contribution in [0.3, 0.4) is 0 Å². The first-order chi connectivity index (χ1) is 7.22. The molecule has 1 aromatic rings. The van der Waals surface area contributed by atoms with E-state index in [9.17, 15) is 10.1 Å². The van der Waals surface area contributed by atoms with Crippen LogP contribution >= 0.6 is 11.3 Å². The number of fused-ring (bicyclic) bond motifs is 1. The Hall–Kier alpha value is -1.43. The fourth-order valence-electron chi connectivity index (χ4n) is 1.75. The molecule has 0 spiro atoms. The van der Waals surface area contributed by atoms with Crippen molar-refractivity contribution in [3.8, 4) is 0 Å². The Kier molecular flexibility index (Phi) is 2.68. The lowest BCUT2D eigenvalue weighted by Gasteiger charge is -1.97. The van der Waals surface area contributed by atoms with Crippen LogP contribution in [-0.2, 0) is 6.42 Å². The number of oxime groups is 1. The summed E-state index contributed by atoms with van der Waals surface area (Å²) in [6, 6.07) is 1.51. The Morgan fingerprint density at radius 1 is 1.47 bits per heavy atom. The number of nitrogens with zero attached hydrogens (tertiary/aromatic N) is 2. The zero-order valence-electron chi connectivity index (χ0n) is 7.97. The van der Waals surface area contributed by atoms with Crippen LogP contribution in [0, 0.1) is 10.1 Å². The Bertz CT molecular complexity index is 425. The summed E-state index contributed by atoms with van der Waals surface area (Å²) in [4.78, 5) is 11.2. The van der Waals surface area contributed by atoms with Gasteiger partial charge in [0.1, 0.15) is 0 Å². The van der Waals surface area contributed by atoms with E-state index in [0.29, 0.717) is 12.1 Å². The lowest BCUT2D eigenvalue weighted by Crippen LogP contribution is -1.98. The summed E-state index contributed by atoms with van der Waals surface area (Å²) in [5, 5.41) is 22.8. The van der Waals surface area contributed by atoms with Crippen molar-refractivity contribution in [2.45, 2.75) is 25.7 Å². The van der Waals surface area contributed by atoms with Gasteiger partial charge < -0.3 is 5.21 Å². The van der Waals surface area contributed by atoms with Gasteiger partial charge in [-0.25, -0.2) is 0 Å². The summed E-state index contributed by atoms with van der Waals surface area (Å²) >= 11 is 1.18. The van der Waals surface area contributed by atoms with Crippen LogP contribution in [0.1, 0.15) is 29.7 Å². The fourth-order valence-corrected chi connectivity index (χ4v) is 2.79. The first-order valence-corrected chi connectivity index (χ1v) is 5.52. The molecule has 1 N–H and O–H groups in total. The van der Waals surface area contributed by atoms with Crippen molar-refractivity contribution in [2.75, 3.05) is 0 Å². The maximum absolute atomic E-state index is 10.6. The molecule has 0 radical (unpaired) electrons. The molecule has 0 saturated carbocycles. The molecular weight excluding hydrogens is 216 g/mol. The van der Waals surface area contributed by atoms with Gasteiger partial charge in [0.2, 0.25) is 0 Å². The van der Waals surface area contributed by atoms with Crippen LogP contribution in [0.4, 0.5) is 5.00 Å². The van der Waals surface area contributed by atoms with Crippen LogP contribution in [-0.4, -0.2) is 15.8 Å². The van der Waals surface area contributed by atoms with E-state index in [1.54, 1.807) is 0 Å². The maximum atomic E-state index is 10.6. The number of aryl methyl sites for hydroxylation is 1. The minimum absolute atomic E-state index is 0.128. The minimum Gasteiger partial charge on any atom is -0.411 e. The van der Waals surface area contributed by atoms with Gasteiger partial charge in [-0.3, -0.25) is 10.1 Å². The normalized spacial score (nSPS) is 18.5. The standard InChI is InChI=1S/C9H10N2O3S/c12-10-7-3-1-2-4-8-6(7)5-9(15-8)11(13)14/h5,12H,1-4H2/b10-7-. The Balaban J connectivity index is 2.47. The first-order valence-electron chi connectivity index (χ1n) is 4.71. The summed E-state index contributed by atoms with van der Waals surface area (Å²) in [5.41, 5.74) is 1.33. The highest BCUT2D eigenvalue weighted by molar-refractivity contribution is 7.15. The van der Waals surface area contributed by atoms with Crippen molar-refractivity contribution in [1.29, 1.82) is 0 Å². The van der Waals surface area contributed by atoms with E-state index in [1.165, 1.54) is 17.4 Å². The minimum atomic E-state index is -0.395. The molecule has 80 valence electrons. The van der Waals surface area contributed by atoms with E-state index >= 15 is 0 Å². The first kappa shape index (κ1) is 10.1. The molecule has 15 heavy (non-hydrogen) atoms. The predicted molar refractivity (Wildman–Crippen MR) is 56.9 cm³/mol. The molecule has 2 rings (SSSR count). The average Bonchev–Trinajstić information content (AvgIpc) is 2.54. The second-order valence-corrected chi connectivity index (χ2v) is 4.55. The fraction of sp³-hybridized carbons (Fsp3) is 0.444. The molecule has 1 aliphatic rings. The van der Waals surface area contributed by atoms with Crippen molar-refractivity contribution in [2.24, 2.45) is 5.16 Å². The summed E-state index contributed by atoms with van der Waals surface area (Å²) < 4.78 is 0. The van der Waals surface area contributed by atoms with Crippen LogP contribution in [0.2, 0.25) is 0 Å². The molecule has 0 atom stereocenters. The second kappa shape index (κ2) is 3.98. The van der Waals surface area contributed by atoms with Crippen molar-refractivity contribution in [3.63, 3.8) is 0 Å².